The van der Waals surface area contributed by atoms with Gasteiger partial charge in [-0.05, 0) is 43.0 Å². The number of hydrogen-bond donors (Lipinski definition) is 0. The average molecular weight is 241 g/mol. The number of fused-ring (bicyclic) bond motifs is 1. The van der Waals surface area contributed by atoms with Crippen molar-refractivity contribution >= 4 is 5.78 Å². The van der Waals surface area contributed by atoms with E-state index >= 15 is 0 Å². The number of rotatable bonds is 3. The maximum Gasteiger partial charge on any atom is 0.183 e. The number of aryl methyl sites for hydroxylation is 1. The molecule has 0 aromatic heterocycles. The van der Waals surface area contributed by atoms with E-state index in [2.05, 4.69) is 12.6 Å². The summed E-state index contributed by atoms with van der Waals surface area (Å²) >= 11 is 0. The lowest BCUT2D eigenvalue weighted by Crippen LogP contribution is -2.34. The first-order valence-corrected chi connectivity index (χ1v) is 5.91. The molecule has 0 amide bonds. The van der Waals surface area contributed by atoms with Crippen LogP contribution in [0.4, 0.5) is 0 Å². The molecule has 3 nitrogen and oxygen atoms in total. The first kappa shape index (κ1) is 12.4. The average Bonchev–Trinajstić information content (AvgIpc) is 2.42. The van der Waals surface area contributed by atoms with Gasteiger partial charge in [-0.2, -0.15) is 5.26 Å². The maximum atomic E-state index is 12.4. The van der Waals surface area contributed by atoms with Crippen LogP contribution < -0.4 is 4.74 Å². The van der Waals surface area contributed by atoms with Gasteiger partial charge in [0.15, 0.2) is 5.78 Å². The SMILES string of the molecule is C=CCC1(C#N)CCc2cc(OC)ccc2C1=O. The van der Waals surface area contributed by atoms with Gasteiger partial charge in [-0.25, -0.2) is 0 Å². The van der Waals surface area contributed by atoms with Crippen molar-refractivity contribution in [3.8, 4) is 11.8 Å². The van der Waals surface area contributed by atoms with Gasteiger partial charge in [-0.3, -0.25) is 4.79 Å². The second-order valence-corrected chi connectivity index (χ2v) is 4.54. The molecule has 0 aliphatic heterocycles. The molecule has 3 heteroatoms. The summed E-state index contributed by atoms with van der Waals surface area (Å²) in [4.78, 5) is 12.4. The van der Waals surface area contributed by atoms with E-state index in [1.54, 1.807) is 25.3 Å². The van der Waals surface area contributed by atoms with E-state index < -0.39 is 5.41 Å². The minimum Gasteiger partial charge on any atom is -0.497 e. The Kier molecular flexibility index (Phi) is 3.20. The van der Waals surface area contributed by atoms with Crippen molar-refractivity contribution in [2.75, 3.05) is 7.11 Å². The zero-order valence-corrected chi connectivity index (χ0v) is 10.4. The molecule has 0 spiro atoms. The number of nitriles is 1. The molecule has 0 N–H and O–H groups in total. The van der Waals surface area contributed by atoms with Crippen molar-refractivity contribution in [1.82, 2.24) is 0 Å². The lowest BCUT2D eigenvalue weighted by Gasteiger charge is -2.29. The summed E-state index contributed by atoms with van der Waals surface area (Å²) in [5.41, 5.74) is 0.684. The van der Waals surface area contributed by atoms with Crippen molar-refractivity contribution < 1.29 is 9.53 Å². The van der Waals surface area contributed by atoms with Crippen molar-refractivity contribution in [3.63, 3.8) is 0 Å². The minimum atomic E-state index is -0.927. The second kappa shape index (κ2) is 4.66. The Hall–Kier alpha value is -2.08. The van der Waals surface area contributed by atoms with Gasteiger partial charge < -0.3 is 4.74 Å². The zero-order valence-electron chi connectivity index (χ0n) is 10.4. The molecule has 0 saturated carbocycles. The lowest BCUT2D eigenvalue weighted by molar-refractivity contribution is 0.0837. The fourth-order valence-corrected chi connectivity index (χ4v) is 2.44. The molecule has 0 heterocycles. The minimum absolute atomic E-state index is 0.0891. The predicted octanol–water partition coefficient (Wildman–Crippen LogP) is 2.91. The van der Waals surface area contributed by atoms with Crippen LogP contribution in [0.2, 0.25) is 0 Å². The number of nitrogens with zero attached hydrogens (tertiary/aromatic N) is 1. The highest BCUT2D eigenvalue weighted by atomic mass is 16.5. The molecule has 1 aromatic carbocycles. The fourth-order valence-electron chi connectivity index (χ4n) is 2.44. The second-order valence-electron chi connectivity index (χ2n) is 4.54. The molecule has 1 unspecified atom stereocenters. The van der Waals surface area contributed by atoms with E-state index in [0.29, 0.717) is 18.4 Å². The Morgan fingerprint density at radius 3 is 3.00 bits per heavy atom. The molecular formula is C15H15NO2. The van der Waals surface area contributed by atoms with Gasteiger partial charge in [0, 0.05) is 5.56 Å². The smallest absolute Gasteiger partial charge is 0.183 e. The third-order valence-electron chi connectivity index (χ3n) is 3.52. The molecule has 1 aliphatic rings. The van der Waals surface area contributed by atoms with E-state index in [1.165, 1.54) is 0 Å². The number of Topliss-reactive ketones (excluding diaryl/α,β-unsaturated/α-hetero) is 1. The Morgan fingerprint density at radius 2 is 2.39 bits per heavy atom. The summed E-state index contributed by atoms with van der Waals surface area (Å²) in [6, 6.07) is 7.58. The van der Waals surface area contributed by atoms with Crippen LogP contribution in [0.25, 0.3) is 0 Å². The van der Waals surface area contributed by atoms with Crippen LogP contribution in [-0.4, -0.2) is 12.9 Å². The molecule has 0 radical (unpaired) electrons. The topological polar surface area (TPSA) is 50.1 Å². The van der Waals surface area contributed by atoms with Crippen LogP contribution in [0, 0.1) is 16.7 Å². The van der Waals surface area contributed by atoms with Crippen molar-refractivity contribution in [1.29, 1.82) is 5.26 Å². The molecule has 18 heavy (non-hydrogen) atoms. The summed E-state index contributed by atoms with van der Waals surface area (Å²) in [5.74, 6) is 0.656. The van der Waals surface area contributed by atoms with Crippen molar-refractivity contribution in [2.45, 2.75) is 19.3 Å². The monoisotopic (exact) mass is 241 g/mol. The molecule has 0 saturated heterocycles. The predicted molar refractivity (Wildman–Crippen MR) is 68.5 cm³/mol. The number of methoxy groups -OCH3 is 1. The molecular weight excluding hydrogens is 226 g/mol. The number of hydrogen-bond acceptors (Lipinski definition) is 3. The van der Waals surface area contributed by atoms with Gasteiger partial charge in [-0.1, -0.05) is 6.08 Å². The zero-order chi connectivity index (χ0) is 13.2. The molecule has 1 atom stereocenters. The molecule has 0 fully saturated rings. The van der Waals surface area contributed by atoms with Crippen molar-refractivity contribution in [2.24, 2.45) is 5.41 Å². The first-order valence-electron chi connectivity index (χ1n) is 5.91. The van der Waals surface area contributed by atoms with Gasteiger partial charge in [0.25, 0.3) is 0 Å². The fraction of sp³-hybridized carbons (Fsp3) is 0.333. The Bertz CT molecular complexity index is 542. The van der Waals surface area contributed by atoms with Gasteiger partial charge in [0.05, 0.1) is 13.2 Å². The number of allylic oxidation sites excluding steroid dienone is 1. The van der Waals surface area contributed by atoms with Crippen LogP contribution in [0.5, 0.6) is 5.75 Å². The Morgan fingerprint density at radius 1 is 1.61 bits per heavy atom. The van der Waals surface area contributed by atoms with Crippen molar-refractivity contribution in [3.05, 3.63) is 42.0 Å². The van der Waals surface area contributed by atoms with Crippen LogP contribution in [0.3, 0.4) is 0 Å². The quantitative estimate of drug-likeness (QED) is 0.764. The number of carbonyl (C=O) groups excluding carboxylic acids is 1. The van der Waals surface area contributed by atoms with E-state index in [-0.39, 0.29) is 5.78 Å². The summed E-state index contributed by atoms with van der Waals surface area (Å²) < 4.78 is 5.15. The normalized spacial score (nSPS) is 21.9. The molecule has 2 rings (SSSR count). The van der Waals surface area contributed by atoms with Gasteiger partial charge in [0.2, 0.25) is 0 Å². The highest BCUT2D eigenvalue weighted by Crippen LogP contribution is 2.39. The lowest BCUT2D eigenvalue weighted by atomic mass is 9.69. The summed E-state index contributed by atoms with van der Waals surface area (Å²) in [6.07, 6.45) is 3.33. The summed E-state index contributed by atoms with van der Waals surface area (Å²) in [6.45, 7) is 3.64. The molecule has 1 aromatic rings. The van der Waals surface area contributed by atoms with Gasteiger partial charge >= 0.3 is 0 Å². The van der Waals surface area contributed by atoms with Crippen LogP contribution in [0.15, 0.2) is 30.9 Å². The third kappa shape index (κ3) is 1.80. The molecule has 92 valence electrons. The van der Waals surface area contributed by atoms with Crippen LogP contribution in [-0.2, 0) is 6.42 Å². The summed E-state index contributed by atoms with van der Waals surface area (Å²) in [5, 5.41) is 9.33. The standard InChI is InChI=1S/C15H15NO2/c1-3-7-15(10-16)8-6-11-9-12(18-2)4-5-13(11)14(15)17/h3-5,9H,1,6-8H2,2H3. The van der Waals surface area contributed by atoms with Gasteiger partial charge in [0.1, 0.15) is 11.2 Å². The summed E-state index contributed by atoms with van der Waals surface area (Å²) in [7, 11) is 1.60. The van der Waals surface area contributed by atoms with Crippen LogP contribution in [0.1, 0.15) is 28.8 Å². The highest BCUT2D eigenvalue weighted by molar-refractivity contribution is 6.04. The maximum absolute atomic E-state index is 12.4. The number of benzene rings is 1. The van der Waals surface area contributed by atoms with E-state index in [1.807, 2.05) is 6.07 Å². The Labute approximate surface area is 107 Å². The van der Waals surface area contributed by atoms with Crippen LogP contribution >= 0.6 is 0 Å². The first-order chi connectivity index (χ1) is 8.66. The number of carbonyl (C=O) groups is 1. The Balaban J connectivity index is 2.46. The van der Waals surface area contributed by atoms with E-state index in [0.717, 1.165) is 17.7 Å². The highest BCUT2D eigenvalue weighted by Gasteiger charge is 2.41. The molecule has 1 aliphatic carbocycles. The van der Waals surface area contributed by atoms with Gasteiger partial charge in [-0.15, -0.1) is 6.58 Å². The van der Waals surface area contributed by atoms with E-state index in [4.69, 9.17) is 4.74 Å². The van der Waals surface area contributed by atoms with E-state index in [9.17, 15) is 10.1 Å². The number of ether oxygens (including phenoxy) is 1. The number of ketones is 1. The molecule has 0 bridgehead atoms. The third-order valence-corrected chi connectivity index (χ3v) is 3.52. The largest absolute Gasteiger partial charge is 0.497 e.